The van der Waals surface area contributed by atoms with Crippen LogP contribution in [0.3, 0.4) is 0 Å². The molecule has 0 rings (SSSR count). The molecule has 0 aliphatic heterocycles. The summed E-state index contributed by atoms with van der Waals surface area (Å²) in [6, 6.07) is 0. The van der Waals surface area contributed by atoms with Crippen LogP contribution < -0.4 is 0 Å². The summed E-state index contributed by atoms with van der Waals surface area (Å²) < 4.78 is 0.277. The molecule has 0 heterocycles. The summed E-state index contributed by atoms with van der Waals surface area (Å²) >= 11 is 9.74. The molecule has 0 saturated heterocycles. The smallest absolute Gasteiger partial charge is 0.0711 e. The maximum Gasteiger partial charge on any atom is 0.0711 e. The van der Waals surface area contributed by atoms with Crippen molar-refractivity contribution in [2.75, 3.05) is 5.88 Å². The van der Waals surface area contributed by atoms with Gasteiger partial charge in [-0.3, -0.25) is 0 Å². The highest BCUT2D eigenvalue weighted by Gasteiger charge is 2.02. The Morgan fingerprint density at radius 1 is 1.44 bits per heavy atom. The van der Waals surface area contributed by atoms with E-state index < -0.39 is 0 Å². The van der Waals surface area contributed by atoms with Gasteiger partial charge in [-0.2, -0.15) is 12.6 Å². The molecule has 4 heteroatoms. The van der Waals surface area contributed by atoms with Crippen LogP contribution in [0.1, 0.15) is 13.8 Å². The van der Waals surface area contributed by atoms with Crippen LogP contribution in [0, 0.1) is 0 Å². The van der Waals surface area contributed by atoms with E-state index in [2.05, 4.69) is 26.5 Å². The first-order chi connectivity index (χ1) is 4.16. The van der Waals surface area contributed by atoms with E-state index in [4.69, 9.17) is 11.6 Å². The Hall–Kier alpha value is 1.34. The summed E-state index contributed by atoms with van der Waals surface area (Å²) in [5.41, 5.74) is 0. The lowest BCUT2D eigenvalue weighted by molar-refractivity contribution is 1.12. The van der Waals surface area contributed by atoms with Crippen LogP contribution in [0.4, 0.5) is 0 Å². The van der Waals surface area contributed by atoms with Crippen LogP contribution in [-0.2, 0) is 0 Å². The molecule has 1 unspecified atom stereocenters. The van der Waals surface area contributed by atoms with Gasteiger partial charge in [0.15, 0.2) is 0 Å². The molecule has 56 valence electrons. The molecule has 0 amide bonds. The Balaban J connectivity index is 3.06. The van der Waals surface area contributed by atoms with Crippen LogP contribution in [0.15, 0.2) is 0 Å². The number of hydrogen-bond acceptors (Lipinski definition) is 3. The fraction of sp³-hybridized carbons (Fsp3) is 1.00. The average Bonchev–Trinajstić information content (AvgIpc) is 1.83. The molecule has 1 atom stereocenters. The van der Waals surface area contributed by atoms with E-state index in [9.17, 15) is 0 Å². The lowest BCUT2D eigenvalue weighted by Crippen LogP contribution is -1.92. The molecule has 0 fully saturated rings. The van der Waals surface area contributed by atoms with Gasteiger partial charge in [-0.25, -0.2) is 0 Å². The third-order valence-corrected chi connectivity index (χ3v) is 5.19. The number of rotatable bonds is 4. The summed E-state index contributed by atoms with van der Waals surface area (Å²) in [4.78, 5) is 0. The largest absolute Gasteiger partial charge is 0.163 e. The standard InChI is InChI=1S/C5H11ClS3/c1-4(2)8-9-5(7)3-6/h4-5,7H,3H2,1-2H3. The minimum atomic E-state index is 0.277. The molecule has 0 aromatic heterocycles. The predicted molar refractivity (Wildman–Crippen MR) is 53.8 cm³/mol. The van der Waals surface area contributed by atoms with E-state index >= 15 is 0 Å². The molecule has 0 radical (unpaired) electrons. The van der Waals surface area contributed by atoms with Crippen LogP contribution in [0.2, 0.25) is 0 Å². The van der Waals surface area contributed by atoms with Gasteiger partial charge in [0.1, 0.15) is 0 Å². The fourth-order valence-corrected chi connectivity index (χ4v) is 2.72. The van der Waals surface area contributed by atoms with Crippen molar-refractivity contribution in [2.45, 2.75) is 23.7 Å². The maximum atomic E-state index is 5.52. The van der Waals surface area contributed by atoms with Crippen LogP contribution in [0.5, 0.6) is 0 Å². The highest BCUT2D eigenvalue weighted by Crippen LogP contribution is 2.32. The lowest BCUT2D eigenvalue weighted by Gasteiger charge is -2.06. The lowest BCUT2D eigenvalue weighted by atomic mass is 10.6. The van der Waals surface area contributed by atoms with Crippen LogP contribution >= 0.6 is 45.8 Å². The molecule has 0 aromatic carbocycles. The third-order valence-electron chi connectivity index (χ3n) is 0.491. The van der Waals surface area contributed by atoms with E-state index in [0.29, 0.717) is 11.1 Å². The molecule has 0 bridgehead atoms. The zero-order valence-corrected chi connectivity index (χ0v) is 8.79. The molecule has 0 aromatic rings. The Bertz CT molecular complexity index is 67.2. The van der Waals surface area contributed by atoms with Crippen molar-refractivity contribution < 1.29 is 0 Å². The van der Waals surface area contributed by atoms with Crippen LogP contribution in [-0.4, -0.2) is 15.7 Å². The molecular formula is C5H11ClS3. The SMILES string of the molecule is CC(C)SSC(S)CCl. The minimum absolute atomic E-state index is 0.277. The number of alkyl halides is 1. The minimum Gasteiger partial charge on any atom is -0.163 e. The summed E-state index contributed by atoms with van der Waals surface area (Å²) in [7, 11) is 3.55. The van der Waals surface area contributed by atoms with Gasteiger partial charge >= 0.3 is 0 Å². The van der Waals surface area contributed by atoms with Crippen LogP contribution in [0.25, 0.3) is 0 Å². The molecule has 0 aliphatic carbocycles. The van der Waals surface area contributed by atoms with E-state index in [-0.39, 0.29) is 4.58 Å². The average molecular weight is 203 g/mol. The number of thiol groups is 1. The molecule has 0 N–H and O–H groups in total. The predicted octanol–water partition coefficient (Wildman–Crippen LogP) is 3.27. The first kappa shape index (κ1) is 10.3. The van der Waals surface area contributed by atoms with E-state index in [1.165, 1.54) is 0 Å². The Morgan fingerprint density at radius 3 is 2.33 bits per heavy atom. The van der Waals surface area contributed by atoms with E-state index in [1.807, 2.05) is 10.8 Å². The monoisotopic (exact) mass is 202 g/mol. The molecular weight excluding hydrogens is 192 g/mol. The van der Waals surface area contributed by atoms with Gasteiger partial charge < -0.3 is 0 Å². The van der Waals surface area contributed by atoms with Crippen molar-refractivity contribution in [1.82, 2.24) is 0 Å². The van der Waals surface area contributed by atoms with Crippen molar-refractivity contribution >= 4 is 45.8 Å². The van der Waals surface area contributed by atoms with Gasteiger partial charge in [0.25, 0.3) is 0 Å². The summed E-state index contributed by atoms with van der Waals surface area (Å²) in [5, 5.41) is 0.660. The summed E-state index contributed by atoms with van der Waals surface area (Å²) in [5.74, 6) is 0.619. The van der Waals surface area contributed by atoms with E-state index in [1.54, 1.807) is 10.8 Å². The summed E-state index contributed by atoms with van der Waals surface area (Å²) in [6.45, 7) is 4.32. The molecule has 0 aliphatic rings. The highest BCUT2D eigenvalue weighted by atomic mass is 35.5. The van der Waals surface area contributed by atoms with Gasteiger partial charge in [0, 0.05) is 11.1 Å². The first-order valence-corrected chi connectivity index (χ1v) is 6.05. The first-order valence-electron chi connectivity index (χ1n) is 2.73. The topological polar surface area (TPSA) is 0 Å². The zero-order chi connectivity index (χ0) is 7.28. The van der Waals surface area contributed by atoms with Crippen molar-refractivity contribution in [2.24, 2.45) is 0 Å². The highest BCUT2D eigenvalue weighted by molar-refractivity contribution is 8.78. The second kappa shape index (κ2) is 6.08. The van der Waals surface area contributed by atoms with Crippen molar-refractivity contribution in [3.8, 4) is 0 Å². The molecule has 0 saturated carbocycles. The van der Waals surface area contributed by atoms with Gasteiger partial charge in [0.05, 0.1) is 4.58 Å². The van der Waals surface area contributed by atoms with Gasteiger partial charge in [-0.1, -0.05) is 35.4 Å². The normalized spacial score (nSPS) is 14.3. The Morgan fingerprint density at radius 2 is 2.00 bits per heavy atom. The summed E-state index contributed by atoms with van der Waals surface area (Å²) in [6.07, 6.45) is 0. The van der Waals surface area contributed by atoms with Crippen molar-refractivity contribution in [3.05, 3.63) is 0 Å². The maximum absolute atomic E-state index is 5.52. The van der Waals surface area contributed by atoms with Crippen molar-refractivity contribution in [3.63, 3.8) is 0 Å². The number of halogens is 1. The van der Waals surface area contributed by atoms with Crippen molar-refractivity contribution in [1.29, 1.82) is 0 Å². The molecule has 0 nitrogen and oxygen atoms in total. The van der Waals surface area contributed by atoms with E-state index in [0.717, 1.165) is 0 Å². The molecule has 9 heavy (non-hydrogen) atoms. The Labute approximate surface area is 75.3 Å². The second-order valence-electron chi connectivity index (χ2n) is 1.85. The fourth-order valence-electron chi connectivity index (χ4n) is 0.201. The second-order valence-corrected chi connectivity index (χ2v) is 6.18. The third kappa shape index (κ3) is 7.23. The van der Waals surface area contributed by atoms with Gasteiger partial charge in [-0.05, 0) is 0 Å². The van der Waals surface area contributed by atoms with Gasteiger partial charge in [0.2, 0.25) is 0 Å². The quantitative estimate of drug-likeness (QED) is 0.322. The van der Waals surface area contributed by atoms with Gasteiger partial charge in [-0.15, -0.1) is 11.6 Å². The zero-order valence-electron chi connectivity index (χ0n) is 5.50. The Kier molecular flexibility index (Phi) is 6.98. The molecule has 0 spiro atoms. The number of hydrogen-bond donors (Lipinski definition) is 1.